The maximum absolute atomic E-state index is 11.6. The third-order valence-electron chi connectivity index (χ3n) is 4.62. The summed E-state index contributed by atoms with van der Waals surface area (Å²) in [6, 6.07) is 7.35. The smallest absolute Gasteiger partial charge is 0.218 e. The molecular formula is C20H33NO5. The Morgan fingerprint density at radius 1 is 1.12 bits per heavy atom. The van der Waals surface area contributed by atoms with Crippen LogP contribution in [0.4, 0.5) is 0 Å². The highest BCUT2D eigenvalue weighted by atomic mass is 16.7. The summed E-state index contributed by atoms with van der Waals surface area (Å²) < 4.78 is 11.0. The Balaban J connectivity index is 2.92. The van der Waals surface area contributed by atoms with Crippen LogP contribution in [-0.2, 0) is 15.9 Å². The molecule has 0 spiro atoms. The molecule has 0 saturated heterocycles. The molecule has 148 valence electrons. The van der Waals surface area contributed by atoms with Crippen LogP contribution in [0.5, 0.6) is 0 Å². The van der Waals surface area contributed by atoms with Crippen LogP contribution < -0.4 is 0 Å². The zero-order valence-corrected chi connectivity index (χ0v) is 16.2. The molecule has 6 nitrogen and oxygen atoms in total. The van der Waals surface area contributed by atoms with Crippen LogP contribution in [0.2, 0.25) is 0 Å². The topological polar surface area (TPSA) is 81.8 Å². The molecule has 2 atom stereocenters. The van der Waals surface area contributed by atoms with E-state index in [2.05, 4.69) is 19.1 Å². The summed E-state index contributed by atoms with van der Waals surface area (Å²) in [7, 11) is 0. The lowest BCUT2D eigenvalue weighted by atomic mass is 9.85. The zero-order chi connectivity index (χ0) is 19.4. The Hall–Kier alpha value is -1.50. The number of hydrogen-bond donors (Lipinski definition) is 1. The Morgan fingerprint density at radius 2 is 1.77 bits per heavy atom. The van der Waals surface area contributed by atoms with Gasteiger partial charge in [-0.1, -0.05) is 31.2 Å². The number of aliphatic hydroxyl groups is 1. The van der Waals surface area contributed by atoms with Gasteiger partial charge in [0.1, 0.15) is 0 Å². The van der Waals surface area contributed by atoms with Crippen LogP contribution in [0, 0.1) is 10.1 Å². The number of hydrogen-bond acceptors (Lipinski definition) is 5. The van der Waals surface area contributed by atoms with Crippen LogP contribution in [0.25, 0.3) is 0 Å². The lowest BCUT2D eigenvalue weighted by Gasteiger charge is -2.23. The fourth-order valence-electron chi connectivity index (χ4n) is 3.32. The molecule has 1 N–H and O–H groups in total. The van der Waals surface area contributed by atoms with Crippen LogP contribution in [0.15, 0.2) is 24.3 Å². The lowest BCUT2D eigenvalue weighted by molar-refractivity contribution is -0.529. The Morgan fingerprint density at radius 3 is 2.31 bits per heavy atom. The zero-order valence-electron chi connectivity index (χ0n) is 16.2. The predicted molar refractivity (Wildman–Crippen MR) is 102 cm³/mol. The van der Waals surface area contributed by atoms with E-state index in [-0.39, 0.29) is 23.9 Å². The average Bonchev–Trinajstić information content (AvgIpc) is 2.64. The summed E-state index contributed by atoms with van der Waals surface area (Å²) in [5.74, 6) is 0.101. The second kappa shape index (κ2) is 12.8. The summed E-state index contributed by atoms with van der Waals surface area (Å²) in [4.78, 5) is 11.4. The fourth-order valence-corrected chi connectivity index (χ4v) is 3.32. The second-order valence-corrected chi connectivity index (χ2v) is 6.38. The van der Waals surface area contributed by atoms with Gasteiger partial charge in [-0.3, -0.25) is 10.1 Å². The monoisotopic (exact) mass is 367 g/mol. The van der Waals surface area contributed by atoms with Crippen molar-refractivity contribution in [3.05, 3.63) is 45.5 Å². The molecule has 0 amide bonds. The van der Waals surface area contributed by atoms with E-state index in [1.54, 1.807) is 0 Å². The minimum atomic E-state index is -0.714. The molecule has 0 aliphatic rings. The van der Waals surface area contributed by atoms with Crippen LogP contribution in [0.3, 0.4) is 0 Å². The van der Waals surface area contributed by atoms with Gasteiger partial charge in [0.05, 0.1) is 6.42 Å². The average molecular weight is 367 g/mol. The highest BCUT2D eigenvalue weighted by Crippen LogP contribution is 2.30. The highest BCUT2D eigenvalue weighted by molar-refractivity contribution is 5.30. The summed E-state index contributed by atoms with van der Waals surface area (Å²) in [5.41, 5.74) is 2.32. The minimum absolute atomic E-state index is 0.101. The van der Waals surface area contributed by atoms with Crippen molar-refractivity contribution >= 4 is 0 Å². The molecule has 26 heavy (non-hydrogen) atoms. The van der Waals surface area contributed by atoms with E-state index in [4.69, 9.17) is 14.6 Å². The maximum Gasteiger partial charge on any atom is 0.218 e. The van der Waals surface area contributed by atoms with Gasteiger partial charge in [0.15, 0.2) is 6.29 Å². The quantitative estimate of drug-likeness (QED) is 0.306. The third-order valence-corrected chi connectivity index (χ3v) is 4.62. The summed E-state index contributed by atoms with van der Waals surface area (Å²) in [6.45, 7) is 6.87. The van der Waals surface area contributed by atoms with E-state index < -0.39 is 12.3 Å². The summed E-state index contributed by atoms with van der Waals surface area (Å²) in [6.07, 6.45) is 2.48. The van der Waals surface area contributed by atoms with Crippen LogP contribution in [0.1, 0.15) is 63.5 Å². The van der Waals surface area contributed by atoms with Gasteiger partial charge in [-0.05, 0) is 50.2 Å². The first-order valence-electron chi connectivity index (χ1n) is 9.62. The molecule has 0 aliphatic carbocycles. The van der Waals surface area contributed by atoms with E-state index in [9.17, 15) is 10.1 Å². The Bertz CT molecular complexity index is 517. The van der Waals surface area contributed by atoms with Gasteiger partial charge in [-0.2, -0.15) is 0 Å². The molecule has 0 radical (unpaired) electrons. The Labute approximate surface area is 156 Å². The number of aliphatic hydroxyl groups excluding tert-OH is 1. The van der Waals surface area contributed by atoms with Crippen LogP contribution >= 0.6 is 0 Å². The van der Waals surface area contributed by atoms with Gasteiger partial charge in [0, 0.05) is 31.2 Å². The number of nitro groups is 1. The largest absolute Gasteiger partial charge is 0.396 e. The van der Waals surface area contributed by atoms with Gasteiger partial charge in [0.2, 0.25) is 6.04 Å². The lowest BCUT2D eigenvalue weighted by Crippen LogP contribution is -2.30. The van der Waals surface area contributed by atoms with E-state index in [0.29, 0.717) is 26.1 Å². The van der Waals surface area contributed by atoms with E-state index in [1.165, 1.54) is 5.56 Å². The molecule has 6 heteroatoms. The van der Waals surface area contributed by atoms with Crippen molar-refractivity contribution in [2.45, 2.75) is 71.1 Å². The van der Waals surface area contributed by atoms with Gasteiger partial charge in [-0.15, -0.1) is 0 Å². The van der Waals surface area contributed by atoms with Crippen molar-refractivity contribution in [1.29, 1.82) is 0 Å². The van der Waals surface area contributed by atoms with Gasteiger partial charge in [-0.25, -0.2) is 0 Å². The van der Waals surface area contributed by atoms with Gasteiger partial charge in [0.25, 0.3) is 0 Å². The number of nitrogens with zero attached hydrogens (tertiary/aromatic N) is 1. The van der Waals surface area contributed by atoms with E-state index in [0.717, 1.165) is 18.4 Å². The normalized spacial score (nSPS) is 13.7. The van der Waals surface area contributed by atoms with Crippen molar-refractivity contribution in [1.82, 2.24) is 0 Å². The van der Waals surface area contributed by atoms with Crippen molar-refractivity contribution in [3.63, 3.8) is 0 Å². The van der Waals surface area contributed by atoms with Crippen molar-refractivity contribution in [3.8, 4) is 0 Å². The summed E-state index contributed by atoms with van der Waals surface area (Å²) in [5, 5.41) is 20.8. The molecule has 0 fully saturated rings. The molecule has 1 aromatic carbocycles. The number of ether oxygens (including phenoxy) is 2. The number of aryl methyl sites for hydroxylation is 1. The molecule has 0 heterocycles. The minimum Gasteiger partial charge on any atom is -0.396 e. The second-order valence-electron chi connectivity index (χ2n) is 6.38. The number of rotatable bonds is 14. The molecule has 0 saturated carbocycles. The standard InChI is InChI=1S/C20H33NO5/c1-4-16(19-12-8-7-10-17(19)11-9-13-22)14-18(21(23)24)15-20(25-5-2)26-6-3/h7-8,10,12,16,18,20,22H,4-6,9,11,13-15H2,1-3H3. The molecular weight excluding hydrogens is 334 g/mol. The molecule has 1 rings (SSSR count). The molecule has 2 unspecified atom stereocenters. The third kappa shape index (κ3) is 7.40. The maximum atomic E-state index is 11.6. The van der Waals surface area contributed by atoms with E-state index >= 15 is 0 Å². The van der Waals surface area contributed by atoms with Crippen molar-refractivity contribution in [2.24, 2.45) is 0 Å². The molecule has 0 aromatic heterocycles. The first kappa shape index (κ1) is 22.5. The van der Waals surface area contributed by atoms with Gasteiger partial charge < -0.3 is 14.6 Å². The highest BCUT2D eigenvalue weighted by Gasteiger charge is 2.30. The number of benzene rings is 1. The first-order chi connectivity index (χ1) is 12.6. The molecule has 0 bridgehead atoms. The SMILES string of the molecule is CCOC(CC(CC(CC)c1ccccc1CCCO)[N+](=O)[O-])OCC. The van der Waals surface area contributed by atoms with Gasteiger partial charge >= 0.3 is 0 Å². The van der Waals surface area contributed by atoms with Crippen molar-refractivity contribution in [2.75, 3.05) is 19.8 Å². The fraction of sp³-hybridized carbons (Fsp3) is 0.700. The van der Waals surface area contributed by atoms with E-state index in [1.807, 2.05) is 26.0 Å². The Kier molecular flexibility index (Phi) is 11.1. The summed E-state index contributed by atoms with van der Waals surface area (Å²) >= 11 is 0. The van der Waals surface area contributed by atoms with Crippen LogP contribution in [-0.4, -0.2) is 42.2 Å². The first-order valence-corrected chi connectivity index (χ1v) is 9.62. The predicted octanol–water partition coefficient (Wildman–Crippen LogP) is 3.93. The van der Waals surface area contributed by atoms with Crippen molar-refractivity contribution < 1.29 is 19.5 Å². The molecule has 1 aromatic rings. The molecule has 0 aliphatic heterocycles.